The molecule has 0 aromatic heterocycles. The van der Waals surface area contributed by atoms with Crippen molar-refractivity contribution in [3.8, 4) is 0 Å². The minimum absolute atomic E-state index is 0.0296. The maximum absolute atomic E-state index is 11.5. The fourth-order valence-corrected chi connectivity index (χ4v) is 1.17. The van der Waals surface area contributed by atoms with Crippen molar-refractivity contribution in [1.82, 2.24) is 4.90 Å². The summed E-state index contributed by atoms with van der Waals surface area (Å²) in [5.74, 6) is 0.0296. The monoisotopic (exact) mass is 199 g/mol. The highest BCUT2D eigenvalue weighted by Crippen LogP contribution is 1.99. The second-order valence-corrected chi connectivity index (χ2v) is 3.24. The summed E-state index contributed by atoms with van der Waals surface area (Å²) >= 11 is 0. The molecule has 1 unspecified atom stereocenters. The number of carbonyl (C=O) groups is 1. The number of ether oxygens (including phenoxy) is 2. The molecule has 1 heterocycles. The van der Waals surface area contributed by atoms with E-state index in [9.17, 15) is 4.79 Å². The molecule has 0 spiro atoms. The van der Waals surface area contributed by atoms with Gasteiger partial charge in [-0.3, -0.25) is 4.79 Å². The Kier molecular flexibility index (Phi) is 4.62. The van der Waals surface area contributed by atoms with Gasteiger partial charge >= 0.3 is 0 Å². The number of nitrogens with zero attached hydrogens (tertiary/aromatic N) is 1. The summed E-state index contributed by atoms with van der Waals surface area (Å²) in [7, 11) is 0. The van der Waals surface area contributed by atoms with Crippen LogP contribution in [0.4, 0.5) is 0 Å². The van der Waals surface area contributed by atoms with Crippen LogP contribution in [0.15, 0.2) is 12.7 Å². The van der Waals surface area contributed by atoms with Crippen molar-refractivity contribution >= 4 is 5.91 Å². The van der Waals surface area contributed by atoms with E-state index < -0.39 is 0 Å². The van der Waals surface area contributed by atoms with Gasteiger partial charge in [-0.05, 0) is 6.92 Å². The highest BCUT2D eigenvalue weighted by molar-refractivity contribution is 5.77. The molecule has 4 nitrogen and oxygen atoms in total. The average molecular weight is 199 g/mol. The summed E-state index contributed by atoms with van der Waals surface area (Å²) in [6.07, 6.45) is 1.60. The third-order valence-corrected chi connectivity index (χ3v) is 2.17. The van der Waals surface area contributed by atoms with Crippen LogP contribution in [0.2, 0.25) is 0 Å². The molecule has 0 aromatic carbocycles. The Morgan fingerprint density at radius 3 is 2.86 bits per heavy atom. The highest BCUT2D eigenvalue weighted by atomic mass is 16.5. The zero-order valence-electron chi connectivity index (χ0n) is 8.57. The van der Waals surface area contributed by atoms with E-state index >= 15 is 0 Å². The van der Waals surface area contributed by atoms with Crippen molar-refractivity contribution in [1.29, 1.82) is 0 Å². The zero-order valence-corrected chi connectivity index (χ0v) is 8.57. The Morgan fingerprint density at radius 2 is 2.29 bits per heavy atom. The summed E-state index contributed by atoms with van der Waals surface area (Å²) in [5, 5.41) is 0. The van der Waals surface area contributed by atoms with E-state index in [2.05, 4.69) is 6.58 Å². The first-order valence-corrected chi connectivity index (χ1v) is 4.83. The smallest absolute Gasteiger partial charge is 0.248 e. The highest BCUT2D eigenvalue weighted by Gasteiger charge is 2.16. The molecule has 4 heteroatoms. The van der Waals surface area contributed by atoms with Crippen LogP contribution in [0.5, 0.6) is 0 Å². The van der Waals surface area contributed by atoms with Gasteiger partial charge in [0.15, 0.2) is 0 Å². The van der Waals surface area contributed by atoms with E-state index in [0.29, 0.717) is 26.3 Å². The van der Waals surface area contributed by atoms with Crippen molar-refractivity contribution in [2.45, 2.75) is 13.0 Å². The quantitative estimate of drug-likeness (QED) is 0.616. The van der Waals surface area contributed by atoms with Crippen LogP contribution in [-0.2, 0) is 14.3 Å². The van der Waals surface area contributed by atoms with Gasteiger partial charge in [-0.1, -0.05) is 6.08 Å². The number of amides is 1. The molecule has 1 atom stereocenters. The molecule has 1 saturated heterocycles. The standard InChI is InChI=1S/C10H17NO3/c1-3-9(2)14-8-10(12)11-4-6-13-7-5-11/h3,9H,1,4-8H2,2H3. The summed E-state index contributed by atoms with van der Waals surface area (Å²) in [4.78, 5) is 13.3. The number of hydrogen-bond donors (Lipinski definition) is 0. The molecular weight excluding hydrogens is 182 g/mol. The van der Waals surface area contributed by atoms with Crippen LogP contribution in [0.3, 0.4) is 0 Å². The Bertz CT molecular complexity index is 200. The Balaban J connectivity index is 2.22. The number of rotatable bonds is 4. The van der Waals surface area contributed by atoms with Crippen molar-refractivity contribution in [2.75, 3.05) is 32.9 Å². The third-order valence-electron chi connectivity index (χ3n) is 2.17. The molecule has 0 bridgehead atoms. The lowest BCUT2D eigenvalue weighted by molar-refractivity contribution is -0.141. The van der Waals surface area contributed by atoms with Crippen LogP contribution in [0, 0.1) is 0 Å². The van der Waals surface area contributed by atoms with Crippen molar-refractivity contribution in [3.05, 3.63) is 12.7 Å². The summed E-state index contributed by atoms with van der Waals surface area (Å²) in [6, 6.07) is 0. The van der Waals surface area contributed by atoms with E-state index in [1.807, 2.05) is 6.92 Å². The maximum Gasteiger partial charge on any atom is 0.248 e. The first-order chi connectivity index (χ1) is 6.74. The third kappa shape index (κ3) is 3.47. The van der Waals surface area contributed by atoms with E-state index in [0.717, 1.165) is 0 Å². The molecule has 1 aliphatic heterocycles. The van der Waals surface area contributed by atoms with Gasteiger partial charge in [0, 0.05) is 13.1 Å². The lowest BCUT2D eigenvalue weighted by atomic mass is 10.4. The molecule has 1 fully saturated rings. The first-order valence-electron chi connectivity index (χ1n) is 4.83. The number of hydrogen-bond acceptors (Lipinski definition) is 3. The van der Waals surface area contributed by atoms with Gasteiger partial charge < -0.3 is 14.4 Å². The average Bonchev–Trinajstić information content (AvgIpc) is 2.26. The molecule has 1 rings (SSSR count). The minimum atomic E-state index is -0.0695. The number of carbonyl (C=O) groups excluding carboxylic acids is 1. The molecular formula is C10H17NO3. The van der Waals surface area contributed by atoms with E-state index in [1.165, 1.54) is 0 Å². The molecule has 0 N–H and O–H groups in total. The lowest BCUT2D eigenvalue weighted by Gasteiger charge is -2.27. The largest absolute Gasteiger partial charge is 0.378 e. The van der Waals surface area contributed by atoms with E-state index in [-0.39, 0.29) is 18.6 Å². The molecule has 0 aromatic rings. The second kappa shape index (κ2) is 5.78. The van der Waals surface area contributed by atoms with Gasteiger partial charge in [0.2, 0.25) is 5.91 Å². The predicted molar refractivity (Wildman–Crippen MR) is 53.0 cm³/mol. The fourth-order valence-electron chi connectivity index (χ4n) is 1.17. The molecule has 0 saturated carbocycles. The van der Waals surface area contributed by atoms with Gasteiger partial charge in [-0.15, -0.1) is 6.58 Å². The summed E-state index contributed by atoms with van der Waals surface area (Å²) in [6.45, 7) is 8.17. The maximum atomic E-state index is 11.5. The molecule has 0 radical (unpaired) electrons. The summed E-state index contributed by atoms with van der Waals surface area (Å²) < 4.78 is 10.4. The topological polar surface area (TPSA) is 38.8 Å². The van der Waals surface area contributed by atoms with Crippen LogP contribution >= 0.6 is 0 Å². The van der Waals surface area contributed by atoms with Gasteiger partial charge in [-0.2, -0.15) is 0 Å². The molecule has 14 heavy (non-hydrogen) atoms. The lowest BCUT2D eigenvalue weighted by Crippen LogP contribution is -2.42. The SMILES string of the molecule is C=CC(C)OCC(=O)N1CCOCC1. The molecule has 1 amide bonds. The number of morpholine rings is 1. The van der Waals surface area contributed by atoms with Crippen molar-refractivity contribution in [3.63, 3.8) is 0 Å². The second-order valence-electron chi connectivity index (χ2n) is 3.24. The zero-order chi connectivity index (χ0) is 10.4. The van der Waals surface area contributed by atoms with Gasteiger partial charge in [0.05, 0.1) is 19.3 Å². The van der Waals surface area contributed by atoms with E-state index in [4.69, 9.17) is 9.47 Å². The van der Waals surface area contributed by atoms with Crippen molar-refractivity contribution in [2.24, 2.45) is 0 Å². The summed E-state index contributed by atoms with van der Waals surface area (Å²) in [5.41, 5.74) is 0. The molecule has 80 valence electrons. The fraction of sp³-hybridized carbons (Fsp3) is 0.700. The molecule has 0 aliphatic carbocycles. The van der Waals surface area contributed by atoms with Crippen LogP contribution in [0.1, 0.15) is 6.92 Å². The van der Waals surface area contributed by atoms with Crippen LogP contribution in [0.25, 0.3) is 0 Å². The first kappa shape index (κ1) is 11.2. The van der Waals surface area contributed by atoms with Gasteiger partial charge in [-0.25, -0.2) is 0 Å². The minimum Gasteiger partial charge on any atom is -0.378 e. The van der Waals surface area contributed by atoms with Crippen molar-refractivity contribution < 1.29 is 14.3 Å². The van der Waals surface area contributed by atoms with Gasteiger partial charge in [0.25, 0.3) is 0 Å². The Morgan fingerprint density at radius 1 is 1.64 bits per heavy atom. The molecule has 1 aliphatic rings. The van der Waals surface area contributed by atoms with Crippen LogP contribution in [-0.4, -0.2) is 49.8 Å². The van der Waals surface area contributed by atoms with Gasteiger partial charge in [0.1, 0.15) is 6.61 Å². The van der Waals surface area contributed by atoms with Crippen LogP contribution < -0.4 is 0 Å². The van der Waals surface area contributed by atoms with E-state index in [1.54, 1.807) is 11.0 Å². The Labute approximate surface area is 84.5 Å². The normalized spacial score (nSPS) is 19.1. The Hall–Kier alpha value is -0.870. The predicted octanol–water partition coefficient (Wildman–Crippen LogP) is 0.436.